The van der Waals surface area contributed by atoms with E-state index in [1.807, 2.05) is 6.92 Å². The second-order valence-electron chi connectivity index (χ2n) is 4.82. The van der Waals surface area contributed by atoms with Gasteiger partial charge in [0.25, 0.3) is 0 Å². The molecular formula is C14H20F3NO. The van der Waals surface area contributed by atoms with Crippen molar-refractivity contribution in [1.29, 1.82) is 0 Å². The zero-order chi connectivity index (χ0) is 14.5. The largest absolute Gasteiger partial charge is 0.416 e. The highest BCUT2D eigenvalue weighted by molar-refractivity contribution is 5.34. The third-order valence-electron chi connectivity index (χ3n) is 3.03. The van der Waals surface area contributed by atoms with Crippen LogP contribution in [0.5, 0.6) is 0 Å². The first-order valence-electron chi connectivity index (χ1n) is 6.39. The van der Waals surface area contributed by atoms with Crippen molar-refractivity contribution in [2.45, 2.75) is 38.5 Å². The van der Waals surface area contributed by atoms with E-state index in [0.717, 1.165) is 19.0 Å². The van der Waals surface area contributed by atoms with Crippen LogP contribution in [0.3, 0.4) is 0 Å². The molecule has 1 aromatic rings. The topological polar surface area (TPSA) is 32.3 Å². The molecule has 0 saturated carbocycles. The molecule has 1 aromatic carbocycles. The Balaban J connectivity index is 2.88. The van der Waals surface area contributed by atoms with Gasteiger partial charge in [-0.15, -0.1) is 0 Å². The van der Waals surface area contributed by atoms with Gasteiger partial charge in [0.1, 0.15) is 0 Å². The molecule has 0 aliphatic rings. The second kappa shape index (κ2) is 6.39. The summed E-state index contributed by atoms with van der Waals surface area (Å²) in [6.45, 7) is 4.69. The molecule has 0 fully saturated rings. The van der Waals surface area contributed by atoms with E-state index in [2.05, 4.69) is 5.32 Å². The van der Waals surface area contributed by atoms with Crippen LogP contribution in [0.4, 0.5) is 13.2 Å². The van der Waals surface area contributed by atoms with Crippen molar-refractivity contribution in [2.75, 3.05) is 13.1 Å². The minimum atomic E-state index is -4.45. The molecule has 2 N–H and O–H groups in total. The molecule has 0 spiro atoms. The molecule has 5 heteroatoms. The summed E-state index contributed by atoms with van der Waals surface area (Å²) in [5.41, 5.74) is -2.33. The van der Waals surface area contributed by atoms with Crippen molar-refractivity contribution < 1.29 is 18.3 Å². The lowest BCUT2D eigenvalue weighted by atomic mass is 9.88. The van der Waals surface area contributed by atoms with Crippen LogP contribution in [-0.2, 0) is 11.8 Å². The van der Waals surface area contributed by atoms with Gasteiger partial charge in [0.2, 0.25) is 0 Å². The maximum Gasteiger partial charge on any atom is 0.416 e. The maximum absolute atomic E-state index is 12.9. The average molecular weight is 275 g/mol. The van der Waals surface area contributed by atoms with Crippen LogP contribution >= 0.6 is 0 Å². The van der Waals surface area contributed by atoms with E-state index in [1.165, 1.54) is 25.1 Å². The van der Waals surface area contributed by atoms with Gasteiger partial charge in [-0.2, -0.15) is 13.2 Å². The van der Waals surface area contributed by atoms with E-state index in [1.54, 1.807) is 0 Å². The highest BCUT2D eigenvalue weighted by Crippen LogP contribution is 2.37. The molecule has 0 aromatic heterocycles. The summed E-state index contributed by atoms with van der Waals surface area (Å²) in [5.74, 6) is 0. The Bertz CT molecular complexity index is 402. The molecule has 0 heterocycles. The number of aliphatic hydroxyl groups is 1. The van der Waals surface area contributed by atoms with Gasteiger partial charge in [0, 0.05) is 0 Å². The second-order valence-corrected chi connectivity index (χ2v) is 4.82. The summed E-state index contributed by atoms with van der Waals surface area (Å²) in [5, 5.41) is 13.4. The number of hydrogen-bond donors (Lipinski definition) is 2. The van der Waals surface area contributed by atoms with E-state index in [-0.39, 0.29) is 12.0 Å². The molecule has 19 heavy (non-hydrogen) atoms. The molecule has 2 nitrogen and oxygen atoms in total. The van der Waals surface area contributed by atoms with Gasteiger partial charge in [-0.3, -0.25) is 0 Å². The van der Waals surface area contributed by atoms with Gasteiger partial charge in [-0.1, -0.05) is 25.1 Å². The Morgan fingerprint density at radius 2 is 1.68 bits per heavy atom. The summed E-state index contributed by atoms with van der Waals surface area (Å²) < 4.78 is 38.7. The fourth-order valence-corrected chi connectivity index (χ4v) is 1.97. The quantitative estimate of drug-likeness (QED) is 0.781. The van der Waals surface area contributed by atoms with E-state index >= 15 is 0 Å². The highest BCUT2D eigenvalue weighted by atomic mass is 19.4. The molecule has 1 unspecified atom stereocenters. The van der Waals surface area contributed by atoms with Crippen LogP contribution < -0.4 is 5.32 Å². The number of halogens is 3. The Morgan fingerprint density at radius 3 is 2.21 bits per heavy atom. The van der Waals surface area contributed by atoms with Crippen LogP contribution in [0, 0.1) is 0 Å². The van der Waals surface area contributed by atoms with Gasteiger partial charge in [0.05, 0.1) is 11.2 Å². The Labute approximate surface area is 111 Å². The third-order valence-corrected chi connectivity index (χ3v) is 3.03. The summed E-state index contributed by atoms with van der Waals surface area (Å²) in [4.78, 5) is 0. The Kier molecular flexibility index (Phi) is 5.38. The van der Waals surface area contributed by atoms with Crippen molar-refractivity contribution in [3.05, 3.63) is 35.4 Å². The van der Waals surface area contributed by atoms with Crippen LogP contribution in [-0.4, -0.2) is 18.2 Å². The monoisotopic (exact) mass is 275 g/mol. The van der Waals surface area contributed by atoms with Gasteiger partial charge in [0.15, 0.2) is 0 Å². The first-order chi connectivity index (χ1) is 8.79. The van der Waals surface area contributed by atoms with Crippen molar-refractivity contribution in [3.8, 4) is 0 Å². The molecular weight excluding hydrogens is 255 g/mol. The number of nitrogens with one attached hydrogen (secondary N) is 1. The van der Waals surface area contributed by atoms with E-state index < -0.39 is 17.3 Å². The zero-order valence-corrected chi connectivity index (χ0v) is 11.2. The molecule has 1 atom stereocenters. The highest BCUT2D eigenvalue weighted by Gasteiger charge is 2.38. The van der Waals surface area contributed by atoms with E-state index in [9.17, 15) is 18.3 Å². The molecule has 108 valence electrons. The lowest BCUT2D eigenvalue weighted by molar-refractivity contribution is -0.140. The van der Waals surface area contributed by atoms with Gasteiger partial charge in [-0.05, 0) is 44.5 Å². The molecule has 0 aliphatic heterocycles. The SMILES string of the molecule is CCCNCCC(C)(O)c1ccccc1C(F)(F)F. The third kappa shape index (κ3) is 4.51. The molecule has 0 bridgehead atoms. The number of alkyl halides is 3. The summed E-state index contributed by atoms with van der Waals surface area (Å²) >= 11 is 0. The molecule has 0 saturated heterocycles. The molecule has 0 amide bonds. The Morgan fingerprint density at radius 1 is 1.11 bits per heavy atom. The predicted octanol–water partition coefficient (Wildman–Crippen LogP) is 3.30. The minimum absolute atomic E-state index is 0.0687. The Hall–Kier alpha value is -1.07. The summed E-state index contributed by atoms with van der Waals surface area (Å²) in [7, 11) is 0. The minimum Gasteiger partial charge on any atom is -0.385 e. The van der Waals surface area contributed by atoms with E-state index in [4.69, 9.17) is 0 Å². The predicted molar refractivity (Wildman–Crippen MR) is 68.8 cm³/mol. The summed E-state index contributed by atoms with van der Waals surface area (Å²) in [6.07, 6.45) is -3.27. The average Bonchev–Trinajstić information content (AvgIpc) is 2.34. The fourth-order valence-electron chi connectivity index (χ4n) is 1.97. The lowest BCUT2D eigenvalue weighted by Crippen LogP contribution is -2.30. The van der Waals surface area contributed by atoms with Crippen LogP contribution in [0.15, 0.2) is 24.3 Å². The fraction of sp³-hybridized carbons (Fsp3) is 0.571. The summed E-state index contributed by atoms with van der Waals surface area (Å²) in [6, 6.07) is 5.18. The van der Waals surface area contributed by atoms with E-state index in [0.29, 0.717) is 6.54 Å². The lowest BCUT2D eigenvalue weighted by Gasteiger charge is -2.27. The van der Waals surface area contributed by atoms with Gasteiger partial charge < -0.3 is 10.4 Å². The maximum atomic E-state index is 12.9. The normalized spacial score (nSPS) is 15.3. The smallest absolute Gasteiger partial charge is 0.385 e. The van der Waals surface area contributed by atoms with Gasteiger partial charge >= 0.3 is 6.18 Å². The molecule has 0 radical (unpaired) electrons. The number of benzene rings is 1. The molecule has 0 aliphatic carbocycles. The van der Waals surface area contributed by atoms with Crippen LogP contribution in [0.1, 0.15) is 37.8 Å². The zero-order valence-electron chi connectivity index (χ0n) is 11.2. The van der Waals surface area contributed by atoms with Crippen molar-refractivity contribution in [2.24, 2.45) is 0 Å². The van der Waals surface area contributed by atoms with Crippen molar-refractivity contribution in [1.82, 2.24) is 5.32 Å². The molecule has 1 rings (SSSR count). The van der Waals surface area contributed by atoms with Crippen molar-refractivity contribution >= 4 is 0 Å². The van der Waals surface area contributed by atoms with Crippen LogP contribution in [0.2, 0.25) is 0 Å². The number of rotatable bonds is 6. The standard InChI is InChI=1S/C14H20F3NO/c1-3-9-18-10-8-13(2,19)11-6-4-5-7-12(11)14(15,16)17/h4-7,18-19H,3,8-10H2,1-2H3. The number of hydrogen-bond acceptors (Lipinski definition) is 2. The van der Waals surface area contributed by atoms with Crippen LogP contribution in [0.25, 0.3) is 0 Å². The first kappa shape index (κ1) is 16.0. The first-order valence-corrected chi connectivity index (χ1v) is 6.39. The van der Waals surface area contributed by atoms with Gasteiger partial charge in [-0.25, -0.2) is 0 Å². The van der Waals surface area contributed by atoms with Crippen molar-refractivity contribution in [3.63, 3.8) is 0 Å².